The first-order valence-electron chi connectivity index (χ1n) is 11.9. The van der Waals surface area contributed by atoms with Gasteiger partial charge in [0, 0.05) is 34.0 Å². The number of aryl methyl sites for hydroxylation is 1. The molecule has 2 N–H and O–H groups in total. The van der Waals surface area contributed by atoms with E-state index in [1.54, 1.807) is 18.2 Å². The van der Waals surface area contributed by atoms with Crippen molar-refractivity contribution in [2.75, 3.05) is 10.0 Å². The van der Waals surface area contributed by atoms with Crippen LogP contribution in [-0.4, -0.2) is 30.8 Å². The van der Waals surface area contributed by atoms with Crippen molar-refractivity contribution < 1.29 is 8.42 Å². The fourth-order valence-electron chi connectivity index (χ4n) is 4.60. The summed E-state index contributed by atoms with van der Waals surface area (Å²) >= 11 is 0. The van der Waals surface area contributed by atoms with Crippen LogP contribution in [0.15, 0.2) is 95.9 Å². The lowest BCUT2D eigenvalue weighted by molar-refractivity contribution is 0.601. The summed E-state index contributed by atoms with van der Waals surface area (Å²) in [7, 11) is 1.80. The number of nitrogens with one attached hydrogen (secondary N) is 2. The number of rotatable bonds is 6. The molecule has 0 aliphatic heterocycles. The number of para-hydroxylation sites is 3. The Morgan fingerprint density at radius 3 is 2.16 bits per heavy atom. The van der Waals surface area contributed by atoms with Crippen LogP contribution in [-0.2, 0) is 16.6 Å². The minimum Gasteiger partial charge on any atom is -0.341 e. The Kier molecular flexibility index (Phi) is 5.57. The van der Waals surface area contributed by atoms with Crippen molar-refractivity contribution in [1.29, 1.82) is 0 Å². The third-order valence-corrected chi connectivity index (χ3v) is 7.70. The van der Waals surface area contributed by atoms with Gasteiger partial charge in [-0.05, 0) is 55.5 Å². The molecule has 0 saturated carbocycles. The zero-order valence-electron chi connectivity index (χ0n) is 20.0. The molecule has 6 aromatic rings. The molecule has 0 atom stereocenters. The van der Waals surface area contributed by atoms with Gasteiger partial charge in [-0.1, -0.05) is 47.9 Å². The average molecular weight is 503 g/mol. The van der Waals surface area contributed by atoms with E-state index in [1.165, 1.54) is 17.6 Å². The zero-order valence-corrected chi connectivity index (χ0v) is 20.8. The maximum Gasteiger partial charge on any atom is 0.263 e. The number of aromatic nitrogens is 3. The molecule has 0 amide bonds. The molecule has 0 spiro atoms. The summed E-state index contributed by atoms with van der Waals surface area (Å²) in [4.78, 5) is 9.37. The highest BCUT2D eigenvalue weighted by atomic mass is 32.2. The fourth-order valence-corrected chi connectivity index (χ4v) is 5.61. The highest BCUT2D eigenvalue weighted by molar-refractivity contribution is 7.92. The molecule has 2 radical (unpaired) electrons. The smallest absolute Gasteiger partial charge is 0.263 e. The molecule has 9 heteroatoms. The van der Waals surface area contributed by atoms with Gasteiger partial charge >= 0.3 is 0 Å². The number of fused-ring (bicyclic) bond motifs is 4. The molecule has 0 fully saturated rings. The quantitative estimate of drug-likeness (QED) is 0.309. The molecule has 2 aromatic heterocycles. The molecule has 0 bridgehead atoms. The molecular formula is C28H22BN5O2S. The molecule has 7 nitrogen and oxygen atoms in total. The molecule has 37 heavy (non-hydrogen) atoms. The van der Waals surface area contributed by atoms with E-state index in [0.29, 0.717) is 22.3 Å². The third kappa shape index (κ3) is 4.17. The summed E-state index contributed by atoms with van der Waals surface area (Å²) in [6.45, 7) is 2.98. The van der Waals surface area contributed by atoms with Crippen molar-refractivity contribution >= 4 is 73.5 Å². The van der Waals surface area contributed by atoms with E-state index in [-0.39, 0.29) is 10.7 Å². The second kappa shape index (κ2) is 8.94. The number of hydrogen-bond acceptors (Lipinski definition) is 5. The maximum absolute atomic E-state index is 13.2. The Hall–Kier alpha value is -4.37. The number of anilines is 3. The second-order valence-electron chi connectivity index (χ2n) is 8.70. The van der Waals surface area contributed by atoms with E-state index >= 15 is 0 Å². The maximum atomic E-state index is 13.2. The zero-order chi connectivity index (χ0) is 25.6. The largest absolute Gasteiger partial charge is 0.341 e. The van der Waals surface area contributed by atoms with Crippen molar-refractivity contribution in [3.05, 3.63) is 91.0 Å². The molecule has 4 aromatic carbocycles. The Labute approximate surface area is 215 Å². The van der Waals surface area contributed by atoms with E-state index in [2.05, 4.69) is 50.8 Å². The number of benzene rings is 4. The van der Waals surface area contributed by atoms with Crippen molar-refractivity contribution in [2.45, 2.75) is 18.4 Å². The topological polar surface area (TPSA) is 88.9 Å². The molecule has 2 heterocycles. The lowest BCUT2D eigenvalue weighted by Crippen LogP contribution is -2.16. The van der Waals surface area contributed by atoms with Gasteiger partial charge in [-0.25, -0.2) is 18.4 Å². The minimum atomic E-state index is -3.93. The van der Waals surface area contributed by atoms with Gasteiger partial charge in [0.2, 0.25) is 0 Å². The van der Waals surface area contributed by atoms with Crippen LogP contribution < -0.4 is 15.5 Å². The predicted molar refractivity (Wildman–Crippen MR) is 151 cm³/mol. The van der Waals surface area contributed by atoms with Crippen LogP contribution in [0.3, 0.4) is 0 Å². The van der Waals surface area contributed by atoms with Gasteiger partial charge in [-0.3, -0.25) is 4.72 Å². The Morgan fingerprint density at radius 2 is 1.43 bits per heavy atom. The van der Waals surface area contributed by atoms with E-state index in [9.17, 15) is 8.42 Å². The van der Waals surface area contributed by atoms with Gasteiger partial charge in [-0.2, -0.15) is 0 Å². The molecule has 0 aliphatic carbocycles. The lowest BCUT2D eigenvalue weighted by atomic mass is 9.97. The van der Waals surface area contributed by atoms with Gasteiger partial charge in [0.15, 0.2) is 11.6 Å². The van der Waals surface area contributed by atoms with E-state index in [4.69, 9.17) is 12.8 Å². The van der Waals surface area contributed by atoms with E-state index < -0.39 is 10.0 Å². The van der Waals surface area contributed by atoms with E-state index in [1.807, 2.05) is 36.4 Å². The van der Waals surface area contributed by atoms with Crippen LogP contribution in [0.2, 0.25) is 0 Å². The monoisotopic (exact) mass is 503 g/mol. The van der Waals surface area contributed by atoms with Crippen molar-refractivity contribution in [1.82, 2.24) is 14.5 Å². The summed E-state index contributed by atoms with van der Waals surface area (Å²) in [5, 5.41) is 5.55. The first-order valence-corrected chi connectivity index (χ1v) is 13.3. The summed E-state index contributed by atoms with van der Waals surface area (Å²) in [6.07, 6.45) is 0. The van der Waals surface area contributed by atoms with Crippen molar-refractivity contribution in [2.24, 2.45) is 0 Å². The number of nitrogens with zero attached hydrogens (tertiary/aromatic N) is 3. The van der Waals surface area contributed by atoms with Gasteiger partial charge in [0.25, 0.3) is 10.0 Å². The number of hydrogen-bond donors (Lipinski definition) is 2. The Bertz CT molecular complexity index is 1900. The van der Waals surface area contributed by atoms with Gasteiger partial charge in [0.1, 0.15) is 7.85 Å². The van der Waals surface area contributed by atoms with Gasteiger partial charge in [0.05, 0.1) is 15.9 Å². The van der Waals surface area contributed by atoms with Crippen molar-refractivity contribution in [3.63, 3.8) is 0 Å². The first kappa shape index (κ1) is 23.1. The summed E-state index contributed by atoms with van der Waals surface area (Å²) in [5.41, 5.74) is 4.76. The van der Waals surface area contributed by atoms with Gasteiger partial charge in [-0.15, -0.1) is 0 Å². The summed E-state index contributed by atoms with van der Waals surface area (Å²) < 4.78 is 31.2. The molecular weight excluding hydrogens is 481 g/mol. The average Bonchev–Trinajstić information content (AvgIpc) is 3.22. The van der Waals surface area contributed by atoms with Crippen LogP contribution in [0.1, 0.15) is 6.92 Å². The highest BCUT2D eigenvalue weighted by Gasteiger charge is 2.19. The second-order valence-corrected chi connectivity index (χ2v) is 10.4. The molecule has 180 valence electrons. The Balaban J connectivity index is 1.45. The summed E-state index contributed by atoms with van der Waals surface area (Å²) in [6, 6.07) is 27.7. The van der Waals surface area contributed by atoms with Crippen LogP contribution >= 0.6 is 0 Å². The molecule has 0 aliphatic rings. The van der Waals surface area contributed by atoms with Crippen molar-refractivity contribution in [3.8, 4) is 0 Å². The van der Waals surface area contributed by atoms with Crippen LogP contribution in [0.25, 0.3) is 32.8 Å². The van der Waals surface area contributed by atoms with Crippen LogP contribution in [0.5, 0.6) is 0 Å². The standard InChI is InChI=1S/C28H22BN5O2S/c1-2-34-25-10-6-3-7-21(25)22-17-19(13-16-26(22)34)30-27-28(32-24-9-5-4-8-23(24)31-27)33-37(35,36)20-14-11-18(29)12-15-20/h3-17H,2H2,1H3,(H,30,31)(H,32,33). The number of sulfonamides is 1. The van der Waals surface area contributed by atoms with Crippen LogP contribution in [0, 0.1) is 0 Å². The minimum absolute atomic E-state index is 0.0800. The normalized spacial score (nSPS) is 11.8. The van der Waals surface area contributed by atoms with Crippen LogP contribution in [0.4, 0.5) is 17.3 Å². The molecule has 6 rings (SSSR count). The fraction of sp³-hybridized carbons (Fsp3) is 0.0714. The molecule has 0 unspecified atom stereocenters. The Morgan fingerprint density at radius 1 is 0.784 bits per heavy atom. The predicted octanol–water partition coefficient (Wildman–Crippen LogP) is 5.10. The first-order chi connectivity index (χ1) is 17.9. The SMILES string of the molecule is [B]c1ccc(S(=O)(=O)Nc2nc3ccccc3nc2Nc2ccc3c(c2)c2ccccc2n3CC)cc1. The lowest BCUT2D eigenvalue weighted by Gasteiger charge is -2.14. The third-order valence-electron chi connectivity index (χ3n) is 6.34. The van der Waals surface area contributed by atoms with Gasteiger partial charge < -0.3 is 9.88 Å². The highest BCUT2D eigenvalue weighted by Crippen LogP contribution is 2.33. The van der Waals surface area contributed by atoms with E-state index in [0.717, 1.165) is 28.5 Å². The molecule has 0 saturated heterocycles. The summed E-state index contributed by atoms with van der Waals surface area (Å²) in [5.74, 6) is 0.405.